The number of nitrogens with one attached hydrogen (secondary N) is 1. The van der Waals surface area contributed by atoms with E-state index >= 15 is 0 Å². The number of aromatic hydroxyl groups is 1. The van der Waals surface area contributed by atoms with Crippen molar-refractivity contribution in [1.29, 1.82) is 0 Å². The summed E-state index contributed by atoms with van der Waals surface area (Å²) in [6.45, 7) is 6.06. The zero-order chi connectivity index (χ0) is 17.7. The van der Waals surface area contributed by atoms with Gasteiger partial charge < -0.3 is 10.1 Å². The van der Waals surface area contributed by atoms with Crippen molar-refractivity contribution in [3.05, 3.63) is 53.5 Å². The number of nitrogens with zero attached hydrogens (tertiary/aromatic N) is 3. The Labute approximate surface area is 146 Å². The lowest BCUT2D eigenvalue weighted by atomic mass is 10.0. The van der Waals surface area contributed by atoms with Crippen LogP contribution in [0.4, 0.5) is 0 Å². The molecular weight excluding hydrogens is 312 g/mol. The number of para-hydroxylation sites is 1. The molecule has 1 aromatic carbocycles. The Morgan fingerprint density at radius 3 is 2.52 bits per heavy atom. The lowest BCUT2D eigenvalue weighted by molar-refractivity contribution is 0.477. The van der Waals surface area contributed by atoms with Crippen molar-refractivity contribution in [3.8, 4) is 28.3 Å². The van der Waals surface area contributed by atoms with Crippen LogP contribution in [0, 0.1) is 20.8 Å². The quantitative estimate of drug-likeness (QED) is 0.576. The summed E-state index contributed by atoms with van der Waals surface area (Å²) < 4.78 is 1.87. The Balaban J connectivity index is 2.07. The highest BCUT2D eigenvalue weighted by Gasteiger charge is 2.18. The molecule has 3 aromatic heterocycles. The summed E-state index contributed by atoms with van der Waals surface area (Å²) in [7, 11) is 1.94. The molecule has 0 atom stereocenters. The zero-order valence-electron chi connectivity index (χ0n) is 14.8. The van der Waals surface area contributed by atoms with Crippen LogP contribution >= 0.6 is 0 Å². The normalized spacial score (nSPS) is 11.4. The van der Waals surface area contributed by atoms with Gasteiger partial charge in [-0.3, -0.25) is 4.68 Å². The van der Waals surface area contributed by atoms with Crippen molar-refractivity contribution in [2.75, 3.05) is 0 Å². The molecule has 0 bridgehead atoms. The van der Waals surface area contributed by atoms with Crippen LogP contribution in [-0.2, 0) is 7.05 Å². The van der Waals surface area contributed by atoms with E-state index in [1.807, 2.05) is 50.7 Å². The van der Waals surface area contributed by atoms with Crippen LogP contribution in [-0.4, -0.2) is 24.9 Å². The highest BCUT2D eigenvalue weighted by molar-refractivity contribution is 5.97. The molecule has 4 aromatic rings. The minimum absolute atomic E-state index is 0.229. The first-order chi connectivity index (χ1) is 12.0. The highest BCUT2D eigenvalue weighted by atomic mass is 16.3. The molecule has 4 rings (SSSR count). The maximum absolute atomic E-state index is 10.3. The molecule has 0 radical (unpaired) electrons. The van der Waals surface area contributed by atoms with Crippen molar-refractivity contribution < 1.29 is 5.11 Å². The Kier molecular flexibility index (Phi) is 3.39. The fourth-order valence-electron chi connectivity index (χ4n) is 3.42. The summed E-state index contributed by atoms with van der Waals surface area (Å²) >= 11 is 0. The second kappa shape index (κ2) is 5.48. The zero-order valence-corrected chi connectivity index (χ0v) is 14.8. The molecule has 0 aliphatic heterocycles. The summed E-state index contributed by atoms with van der Waals surface area (Å²) in [4.78, 5) is 8.31. The number of rotatable bonds is 2. The number of aryl methyl sites for hydroxylation is 3. The molecule has 0 saturated carbocycles. The molecule has 5 heteroatoms. The fraction of sp³-hybridized carbons (Fsp3) is 0.200. The molecule has 25 heavy (non-hydrogen) atoms. The van der Waals surface area contributed by atoms with Gasteiger partial charge >= 0.3 is 0 Å². The van der Waals surface area contributed by atoms with E-state index in [-0.39, 0.29) is 5.75 Å². The van der Waals surface area contributed by atoms with Crippen LogP contribution in [0.15, 0.2) is 36.4 Å². The lowest BCUT2D eigenvalue weighted by Gasteiger charge is -2.09. The molecular formula is C20H20N4O. The average Bonchev–Trinajstić information content (AvgIpc) is 3.06. The summed E-state index contributed by atoms with van der Waals surface area (Å²) in [5, 5.41) is 15.8. The summed E-state index contributed by atoms with van der Waals surface area (Å²) in [5.41, 5.74) is 7.47. The Morgan fingerprint density at radius 1 is 1.08 bits per heavy atom. The van der Waals surface area contributed by atoms with E-state index in [4.69, 9.17) is 4.98 Å². The molecule has 0 amide bonds. The third kappa shape index (κ3) is 2.39. The third-order valence-corrected chi connectivity index (χ3v) is 4.68. The van der Waals surface area contributed by atoms with Crippen molar-refractivity contribution in [3.63, 3.8) is 0 Å². The van der Waals surface area contributed by atoms with Gasteiger partial charge in [-0.2, -0.15) is 5.10 Å². The minimum Gasteiger partial charge on any atom is -0.507 e. The monoisotopic (exact) mass is 332 g/mol. The van der Waals surface area contributed by atoms with E-state index in [0.29, 0.717) is 0 Å². The Hall–Kier alpha value is -3.08. The highest BCUT2D eigenvalue weighted by Crippen LogP contribution is 2.36. The molecule has 0 fully saturated rings. The first-order valence-electron chi connectivity index (χ1n) is 8.25. The van der Waals surface area contributed by atoms with Crippen molar-refractivity contribution >= 4 is 10.9 Å². The number of phenols is 1. The van der Waals surface area contributed by atoms with E-state index in [1.54, 1.807) is 6.07 Å². The van der Waals surface area contributed by atoms with Crippen molar-refractivity contribution in [2.24, 2.45) is 7.05 Å². The van der Waals surface area contributed by atoms with Crippen LogP contribution < -0.4 is 0 Å². The van der Waals surface area contributed by atoms with E-state index in [1.165, 1.54) is 0 Å². The van der Waals surface area contributed by atoms with Gasteiger partial charge in [0.2, 0.25) is 0 Å². The number of benzene rings is 1. The molecule has 0 unspecified atom stereocenters. The molecule has 0 saturated heterocycles. The summed E-state index contributed by atoms with van der Waals surface area (Å²) in [6, 6.07) is 11.4. The number of hydrogen-bond donors (Lipinski definition) is 2. The van der Waals surface area contributed by atoms with Gasteiger partial charge in [0.15, 0.2) is 0 Å². The topological polar surface area (TPSA) is 66.7 Å². The largest absolute Gasteiger partial charge is 0.507 e. The standard InChI is InChI=1S/C20H20N4O/c1-11-9-15-16(21-11)10-17(19-12(2)23-24(4)13(19)3)22-20(15)14-7-5-6-8-18(14)25/h5-10,21,25H,1-4H3. The van der Waals surface area contributed by atoms with Crippen LogP contribution in [0.2, 0.25) is 0 Å². The molecule has 126 valence electrons. The minimum atomic E-state index is 0.229. The first-order valence-corrected chi connectivity index (χ1v) is 8.25. The number of phenolic OH excluding ortho intramolecular Hbond substituents is 1. The average molecular weight is 332 g/mol. The van der Waals surface area contributed by atoms with Gasteiger partial charge in [0.1, 0.15) is 5.75 Å². The van der Waals surface area contributed by atoms with Crippen LogP contribution in [0.5, 0.6) is 5.75 Å². The Bertz CT molecular complexity index is 1100. The smallest absolute Gasteiger partial charge is 0.124 e. The van der Waals surface area contributed by atoms with Gasteiger partial charge in [0, 0.05) is 40.5 Å². The maximum atomic E-state index is 10.3. The van der Waals surface area contributed by atoms with Crippen LogP contribution in [0.25, 0.3) is 33.4 Å². The number of fused-ring (bicyclic) bond motifs is 1. The fourth-order valence-corrected chi connectivity index (χ4v) is 3.42. The van der Waals surface area contributed by atoms with E-state index < -0.39 is 0 Å². The van der Waals surface area contributed by atoms with Crippen molar-refractivity contribution in [2.45, 2.75) is 20.8 Å². The predicted octanol–water partition coefficient (Wildman–Crippen LogP) is 4.26. The number of hydrogen-bond acceptors (Lipinski definition) is 3. The van der Waals surface area contributed by atoms with E-state index in [9.17, 15) is 5.11 Å². The van der Waals surface area contributed by atoms with Crippen LogP contribution in [0.1, 0.15) is 17.1 Å². The second-order valence-electron chi connectivity index (χ2n) is 6.46. The molecule has 2 N–H and O–H groups in total. The molecule has 0 spiro atoms. The molecule has 0 aliphatic carbocycles. The second-order valence-corrected chi connectivity index (χ2v) is 6.46. The summed E-state index contributed by atoms with van der Waals surface area (Å²) in [5.74, 6) is 0.229. The van der Waals surface area contributed by atoms with Crippen LogP contribution in [0.3, 0.4) is 0 Å². The van der Waals surface area contributed by atoms with Gasteiger partial charge in [0.05, 0.1) is 17.1 Å². The van der Waals surface area contributed by atoms with Gasteiger partial charge in [-0.25, -0.2) is 4.98 Å². The number of aromatic nitrogens is 4. The summed E-state index contributed by atoms with van der Waals surface area (Å²) in [6.07, 6.45) is 0. The SMILES string of the molecule is Cc1cc2c(-c3ccccc3O)nc(-c3c(C)nn(C)c3C)cc2[nH]1. The van der Waals surface area contributed by atoms with E-state index in [0.717, 1.165) is 50.5 Å². The Morgan fingerprint density at radius 2 is 1.84 bits per heavy atom. The van der Waals surface area contributed by atoms with E-state index in [2.05, 4.69) is 22.2 Å². The number of pyridine rings is 1. The first kappa shape index (κ1) is 15.4. The number of aromatic amines is 1. The number of H-pyrrole nitrogens is 1. The molecule has 5 nitrogen and oxygen atoms in total. The molecule has 3 heterocycles. The maximum Gasteiger partial charge on any atom is 0.124 e. The van der Waals surface area contributed by atoms with Gasteiger partial charge in [-0.05, 0) is 45.0 Å². The molecule has 0 aliphatic rings. The lowest BCUT2D eigenvalue weighted by Crippen LogP contribution is -1.94. The van der Waals surface area contributed by atoms with Gasteiger partial charge in [-0.15, -0.1) is 0 Å². The van der Waals surface area contributed by atoms with Gasteiger partial charge in [0.25, 0.3) is 0 Å². The third-order valence-electron chi connectivity index (χ3n) is 4.68. The predicted molar refractivity (Wildman–Crippen MR) is 99.6 cm³/mol. The van der Waals surface area contributed by atoms with Gasteiger partial charge in [-0.1, -0.05) is 12.1 Å². The van der Waals surface area contributed by atoms with Crippen molar-refractivity contribution in [1.82, 2.24) is 19.7 Å².